The molecule has 1 aliphatic rings. The second-order valence-electron chi connectivity index (χ2n) is 4.39. The highest BCUT2D eigenvalue weighted by molar-refractivity contribution is 9.10. The number of halogens is 3. The Balaban J connectivity index is 0.00000162. The Morgan fingerprint density at radius 3 is 2.53 bits per heavy atom. The fraction of sp³-hybridized carbons (Fsp3) is 0.538. The van der Waals surface area contributed by atoms with Crippen LogP contribution in [0.15, 0.2) is 22.7 Å². The maximum Gasteiger partial charge on any atom is 0.134 e. The summed E-state index contributed by atoms with van der Waals surface area (Å²) in [6.07, 6.45) is 1.02. The van der Waals surface area contributed by atoms with Gasteiger partial charge < -0.3 is 10.4 Å². The van der Waals surface area contributed by atoms with Gasteiger partial charge in [-0.15, -0.1) is 24.8 Å². The Bertz CT molecular complexity index is 387. The number of nitrogens with zero attached hydrogens (tertiary/aromatic N) is 1. The number of rotatable bonds is 3. The van der Waals surface area contributed by atoms with E-state index in [-0.39, 0.29) is 24.8 Å². The predicted molar refractivity (Wildman–Crippen MR) is 87.8 cm³/mol. The highest BCUT2D eigenvalue weighted by Gasteiger charge is 2.23. The van der Waals surface area contributed by atoms with E-state index in [1.54, 1.807) is 0 Å². The molecule has 1 aromatic rings. The maximum atomic E-state index is 10.1. The molecule has 110 valence electrons. The van der Waals surface area contributed by atoms with Gasteiger partial charge in [0, 0.05) is 37.8 Å². The lowest BCUT2D eigenvalue weighted by atomic mass is 10.0. The number of nitrogens with one attached hydrogen (secondary N) is 1. The van der Waals surface area contributed by atoms with Crippen LogP contribution >= 0.6 is 40.7 Å². The van der Waals surface area contributed by atoms with Crippen molar-refractivity contribution in [1.82, 2.24) is 10.2 Å². The van der Waals surface area contributed by atoms with E-state index in [2.05, 4.69) is 33.1 Å². The van der Waals surface area contributed by atoms with Crippen molar-refractivity contribution in [2.45, 2.75) is 19.4 Å². The summed E-state index contributed by atoms with van der Waals surface area (Å²) in [4.78, 5) is 2.44. The smallest absolute Gasteiger partial charge is 0.134 e. The summed E-state index contributed by atoms with van der Waals surface area (Å²) in [6, 6.07) is 6.21. The van der Waals surface area contributed by atoms with Gasteiger partial charge in [-0.1, -0.05) is 19.1 Å². The van der Waals surface area contributed by atoms with Gasteiger partial charge in [-0.25, -0.2) is 0 Å². The molecule has 0 aliphatic carbocycles. The van der Waals surface area contributed by atoms with Crippen LogP contribution in [-0.4, -0.2) is 36.2 Å². The fourth-order valence-corrected chi connectivity index (χ4v) is 2.85. The summed E-state index contributed by atoms with van der Waals surface area (Å²) in [5.74, 6) is 0.387. The van der Waals surface area contributed by atoms with Gasteiger partial charge in [0.1, 0.15) is 5.75 Å². The van der Waals surface area contributed by atoms with Gasteiger partial charge in [0.2, 0.25) is 0 Å². The van der Waals surface area contributed by atoms with Gasteiger partial charge in [0.15, 0.2) is 0 Å². The SMILES string of the molecule is CC[C@@H](c1cccc(Br)c1O)N1CCNCC1.Cl.Cl. The number of hydrogen-bond acceptors (Lipinski definition) is 3. The molecule has 0 unspecified atom stereocenters. The molecule has 0 spiro atoms. The summed E-state index contributed by atoms with van der Waals surface area (Å²) >= 11 is 3.39. The third-order valence-corrected chi connectivity index (χ3v) is 4.00. The van der Waals surface area contributed by atoms with Gasteiger partial charge in [0.05, 0.1) is 4.47 Å². The first kappa shape index (κ1) is 19.0. The fourth-order valence-electron chi connectivity index (χ4n) is 2.47. The van der Waals surface area contributed by atoms with Crippen LogP contribution in [0.4, 0.5) is 0 Å². The molecule has 3 nitrogen and oxygen atoms in total. The van der Waals surface area contributed by atoms with Crippen molar-refractivity contribution in [2.24, 2.45) is 0 Å². The summed E-state index contributed by atoms with van der Waals surface area (Å²) in [7, 11) is 0. The van der Waals surface area contributed by atoms with Crippen LogP contribution < -0.4 is 5.32 Å². The maximum absolute atomic E-state index is 10.1. The van der Waals surface area contributed by atoms with E-state index < -0.39 is 0 Å². The van der Waals surface area contributed by atoms with Crippen LogP contribution in [0, 0.1) is 0 Å². The molecule has 1 heterocycles. The van der Waals surface area contributed by atoms with Crippen LogP contribution in [0.25, 0.3) is 0 Å². The molecule has 1 saturated heterocycles. The van der Waals surface area contributed by atoms with Crippen LogP contribution in [0.3, 0.4) is 0 Å². The molecule has 2 N–H and O–H groups in total. The minimum Gasteiger partial charge on any atom is -0.506 e. The summed E-state index contributed by atoms with van der Waals surface area (Å²) in [5.41, 5.74) is 1.03. The Morgan fingerprint density at radius 1 is 1.32 bits per heavy atom. The van der Waals surface area contributed by atoms with Crippen LogP contribution in [0.2, 0.25) is 0 Å². The zero-order valence-corrected chi connectivity index (χ0v) is 14.2. The van der Waals surface area contributed by atoms with Crippen molar-refractivity contribution in [1.29, 1.82) is 0 Å². The lowest BCUT2D eigenvalue weighted by Gasteiger charge is -2.35. The first-order chi connectivity index (χ1) is 8.24. The Kier molecular flexibility index (Phi) is 9.03. The van der Waals surface area contributed by atoms with E-state index in [9.17, 15) is 5.11 Å². The molecule has 19 heavy (non-hydrogen) atoms. The van der Waals surface area contributed by atoms with E-state index in [1.165, 1.54) is 0 Å². The average Bonchev–Trinajstić information content (AvgIpc) is 2.37. The first-order valence-electron chi connectivity index (χ1n) is 6.16. The van der Waals surface area contributed by atoms with Crippen molar-refractivity contribution in [2.75, 3.05) is 26.2 Å². The van der Waals surface area contributed by atoms with Gasteiger partial charge in [-0.2, -0.15) is 0 Å². The normalized spacial score (nSPS) is 17.2. The topological polar surface area (TPSA) is 35.5 Å². The van der Waals surface area contributed by atoms with E-state index in [0.717, 1.165) is 42.6 Å². The van der Waals surface area contributed by atoms with Crippen molar-refractivity contribution in [3.63, 3.8) is 0 Å². The lowest BCUT2D eigenvalue weighted by molar-refractivity contribution is 0.167. The highest BCUT2D eigenvalue weighted by Crippen LogP contribution is 2.35. The van der Waals surface area contributed by atoms with Crippen molar-refractivity contribution >= 4 is 40.7 Å². The van der Waals surface area contributed by atoms with E-state index in [4.69, 9.17) is 0 Å². The van der Waals surface area contributed by atoms with Crippen molar-refractivity contribution in [3.05, 3.63) is 28.2 Å². The molecule has 6 heteroatoms. The molecule has 0 bridgehead atoms. The van der Waals surface area contributed by atoms with Crippen molar-refractivity contribution < 1.29 is 5.11 Å². The molecule has 1 fully saturated rings. The largest absolute Gasteiger partial charge is 0.506 e. The molecule has 0 radical (unpaired) electrons. The van der Waals surface area contributed by atoms with E-state index in [1.807, 2.05) is 18.2 Å². The summed E-state index contributed by atoms with van der Waals surface area (Å²) < 4.78 is 0.781. The summed E-state index contributed by atoms with van der Waals surface area (Å²) in [6.45, 7) is 6.33. The molecular formula is C13H21BrCl2N2O. The van der Waals surface area contributed by atoms with Crippen molar-refractivity contribution in [3.8, 4) is 5.75 Å². The molecular weight excluding hydrogens is 351 g/mol. The zero-order valence-electron chi connectivity index (χ0n) is 10.9. The number of aromatic hydroxyl groups is 1. The first-order valence-corrected chi connectivity index (χ1v) is 6.95. The molecule has 0 aromatic heterocycles. The third-order valence-electron chi connectivity index (χ3n) is 3.36. The third kappa shape index (κ3) is 4.50. The average molecular weight is 372 g/mol. The molecule has 1 atom stereocenters. The van der Waals surface area contributed by atoms with Crippen LogP contribution in [0.5, 0.6) is 5.75 Å². The molecule has 1 aromatic carbocycles. The minimum absolute atomic E-state index is 0. The molecule has 0 saturated carbocycles. The number of phenolic OH excluding ortho intramolecular Hbond substituents is 1. The van der Waals surface area contributed by atoms with E-state index >= 15 is 0 Å². The number of hydrogen-bond donors (Lipinski definition) is 2. The van der Waals surface area contributed by atoms with Gasteiger partial charge >= 0.3 is 0 Å². The Morgan fingerprint density at radius 2 is 1.95 bits per heavy atom. The van der Waals surface area contributed by atoms with Gasteiger partial charge in [-0.3, -0.25) is 4.90 Å². The quantitative estimate of drug-likeness (QED) is 0.855. The highest BCUT2D eigenvalue weighted by atomic mass is 79.9. The van der Waals surface area contributed by atoms with Crippen LogP contribution in [0.1, 0.15) is 24.9 Å². The Labute approximate surface area is 135 Å². The number of para-hydroxylation sites is 1. The van der Waals surface area contributed by atoms with E-state index in [0.29, 0.717) is 11.8 Å². The Hall–Kier alpha value is -0.000000000000000111. The molecule has 2 rings (SSSR count). The standard InChI is InChI=1S/C13H19BrN2O.2ClH/c1-2-12(16-8-6-15-7-9-16)10-4-3-5-11(14)13(10)17;;/h3-5,12,15,17H,2,6-9H2,1H3;2*1H/t12-;;/m0../s1. The zero-order chi connectivity index (χ0) is 12.3. The lowest BCUT2D eigenvalue weighted by Crippen LogP contribution is -2.45. The van der Waals surface area contributed by atoms with Crippen LogP contribution in [-0.2, 0) is 0 Å². The molecule has 0 amide bonds. The number of benzene rings is 1. The number of piperazine rings is 1. The summed E-state index contributed by atoms with van der Waals surface area (Å²) in [5, 5.41) is 13.5. The monoisotopic (exact) mass is 370 g/mol. The second kappa shape index (κ2) is 9.03. The van der Waals surface area contributed by atoms with Gasteiger partial charge in [0.25, 0.3) is 0 Å². The van der Waals surface area contributed by atoms with Gasteiger partial charge in [-0.05, 0) is 28.4 Å². The minimum atomic E-state index is 0. The predicted octanol–water partition coefficient (Wildman–Crippen LogP) is 3.35. The molecule has 1 aliphatic heterocycles. The number of phenols is 1. The second-order valence-corrected chi connectivity index (χ2v) is 5.24.